The van der Waals surface area contributed by atoms with Crippen molar-refractivity contribution in [3.05, 3.63) is 61.1 Å². The van der Waals surface area contributed by atoms with Gasteiger partial charge in [-0.05, 0) is 42.0 Å². The molecule has 0 saturated heterocycles. The number of benzene rings is 1. The number of rotatable bonds is 1. The maximum absolute atomic E-state index is 5.48. The zero-order valence-electron chi connectivity index (χ0n) is 11.1. The fourth-order valence-electron chi connectivity index (χ4n) is 2.64. The van der Waals surface area contributed by atoms with Gasteiger partial charge in [0.25, 0.3) is 0 Å². The molecular weight excluding hydrogens is 353 g/mol. The summed E-state index contributed by atoms with van der Waals surface area (Å²) in [4.78, 5) is 4.27. The number of fused-ring (bicyclic) bond motifs is 1. The second-order valence-corrected chi connectivity index (χ2v) is 10.0. The Hall–Kier alpha value is -0.330. The molecule has 0 unspecified atom stereocenters. The lowest BCUT2D eigenvalue weighted by atomic mass is 9.94. The molecule has 0 bridgehead atoms. The second-order valence-electron chi connectivity index (χ2n) is 5.00. The lowest BCUT2D eigenvalue weighted by Crippen LogP contribution is -1.99. The van der Waals surface area contributed by atoms with E-state index in [2.05, 4.69) is 36.4 Å². The number of allylic oxidation sites excluding steroid dienone is 2. The van der Waals surface area contributed by atoms with Crippen LogP contribution in [-0.2, 0) is 6.42 Å². The summed E-state index contributed by atoms with van der Waals surface area (Å²) in [6.07, 6.45) is 5.95. The number of hydrogen-bond donors (Lipinski definition) is 0. The van der Waals surface area contributed by atoms with Crippen LogP contribution in [0, 0.1) is 3.82 Å². The van der Waals surface area contributed by atoms with Gasteiger partial charge in [-0.1, -0.05) is 84.8 Å². The van der Waals surface area contributed by atoms with E-state index in [9.17, 15) is 0 Å². The molecule has 0 amide bonds. The molecular formula is C16H12S5. The maximum Gasteiger partial charge on any atom is 0.105 e. The Morgan fingerprint density at radius 2 is 1.81 bits per heavy atom. The Bertz CT molecular complexity index is 792. The van der Waals surface area contributed by atoms with Crippen molar-refractivity contribution in [1.29, 1.82) is 0 Å². The highest BCUT2D eigenvalue weighted by Gasteiger charge is 2.24. The fraction of sp³-hybridized carbons (Fsp3) is 0.188. The smallest absolute Gasteiger partial charge is 0.0785 e. The molecule has 4 rings (SSSR count). The van der Waals surface area contributed by atoms with Gasteiger partial charge in [0.2, 0.25) is 0 Å². The van der Waals surface area contributed by atoms with Crippen molar-refractivity contribution in [3.8, 4) is 0 Å². The lowest BCUT2D eigenvalue weighted by Gasteiger charge is -2.15. The SMILES string of the molecule is S=c1ssc2c1CCC/C2=C1\C=C(c2ccccc2)SS1. The van der Waals surface area contributed by atoms with Crippen LogP contribution in [0.3, 0.4) is 0 Å². The monoisotopic (exact) mass is 364 g/mol. The molecule has 0 spiro atoms. The molecule has 1 aromatic carbocycles. The first kappa shape index (κ1) is 14.3. The third kappa shape index (κ3) is 2.70. The predicted octanol–water partition coefficient (Wildman–Crippen LogP) is 7.02. The Labute approximate surface area is 144 Å². The van der Waals surface area contributed by atoms with Gasteiger partial charge in [0.1, 0.15) is 3.82 Å². The van der Waals surface area contributed by atoms with Crippen molar-refractivity contribution in [3.63, 3.8) is 0 Å². The Morgan fingerprint density at radius 3 is 2.67 bits per heavy atom. The summed E-state index contributed by atoms with van der Waals surface area (Å²) in [6, 6.07) is 10.7. The zero-order chi connectivity index (χ0) is 14.2. The number of hydrogen-bond acceptors (Lipinski definition) is 5. The van der Waals surface area contributed by atoms with Gasteiger partial charge in [0.05, 0.1) is 0 Å². The van der Waals surface area contributed by atoms with Crippen molar-refractivity contribution in [1.82, 2.24) is 0 Å². The van der Waals surface area contributed by atoms with Crippen molar-refractivity contribution < 1.29 is 0 Å². The summed E-state index contributed by atoms with van der Waals surface area (Å²) in [5.41, 5.74) is 4.28. The van der Waals surface area contributed by atoms with Crippen molar-refractivity contribution in [2.24, 2.45) is 0 Å². The van der Waals surface area contributed by atoms with Crippen LogP contribution >= 0.6 is 54.5 Å². The Morgan fingerprint density at radius 1 is 0.952 bits per heavy atom. The molecule has 2 aromatic rings. The molecule has 0 saturated carbocycles. The minimum absolute atomic E-state index is 1.11. The van der Waals surface area contributed by atoms with Crippen LogP contribution in [0.2, 0.25) is 0 Å². The zero-order valence-corrected chi connectivity index (χ0v) is 15.2. The van der Waals surface area contributed by atoms with Crippen molar-refractivity contribution in [2.75, 3.05) is 0 Å². The van der Waals surface area contributed by atoms with Gasteiger partial charge >= 0.3 is 0 Å². The van der Waals surface area contributed by atoms with E-state index in [1.807, 2.05) is 31.9 Å². The molecule has 1 aromatic heterocycles. The van der Waals surface area contributed by atoms with Crippen molar-refractivity contribution >= 4 is 65.0 Å². The summed E-state index contributed by atoms with van der Waals surface area (Å²) >= 11 is 5.48. The Kier molecular flexibility index (Phi) is 4.11. The second kappa shape index (κ2) is 6.05. The van der Waals surface area contributed by atoms with E-state index in [0.29, 0.717) is 0 Å². The first-order valence-electron chi connectivity index (χ1n) is 6.80. The highest BCUT2D eigenvalue weighted by Crippen LogP contribution is 2.54. The van der Waals surface area contributed by atoms with Gasteiger partial charge in [-0.25, -0.2) is 0 Å². The summed E-state index contributed by atoms with van der Waals surface area (Å²) in [6.45, 7) is 0. The van der Waals surface area contributed by atoms with Gasteiger partial charge in [-0.3, -0.25) is 0 Å². The average molecular weight is 365 g/mol. The molecule has 5 heteroatoms. The van der Waals surface area contributed by atoms with Gasteiger partial charge in [0, 0.05) is 14.7 Å². The van der Waals surface area contributed by atoms with E-state index in [-0.39, 0.29) is 0 Å². The van der Waals surface area contributed by atoms with E-state index in [1.165, 1.54) is 44.2 Å². The predicted molar refractivity (Wildman–Crippen MR) is 102 cm³/mol. The standard InChI is InChI=1S/C16H12S5/c17-16-12-8-4-7-11(15(12)20-21-16)14-9-13(18-19-14)10-5-2-1-3-6-10/h1-3,5-6,9H,4,7-8H2/b14-11-. The largest absolute Gasteiger partial charge is 0.105 e. The summed E-state index contributed by atoms with van der Waals surface area (Å²) in [7, 11) is 7.42. The third-order valence-corrected chi connectivity index (χ3v) is 9.38. The van der Waals surface area contributed by atoms with Crippen LogP contribution < -0.4 is 0 Å². The van der Waals surface area contributed by atoms with Crippen LogP contribution in [0.15, 0.2) is 41.3 Å². The highest BCUT2D eigenvalue weighted by molar-refractivity contribution is 8.82. The van der Waals surface area contributed by atoms with Crippen LogP contribution in [0.1, 0.15) is 28.8 Å². The molecule has 2 aliphatic rings. The fourth-order valence-corrected chi connectivity index (χ4v) is 8.35. The summed E-state index contributed by atoms with van der Waals surface area (Å²) < 4.78 is 1.11. The van der Waals surface area contributed by atoms with E-state index in [0.717, 1.165) is 10.2 Å². The quantitative estimate of drug-likeness (QED) is 0.394. The molecule has 2 heterocycles. The molecule has 106 valence electrons. The molecule has 0 N–H and O–H groups in total. The first-order valence-corrected chi connectivity index (χ1v) is 11.5. The lowest BCUT2D eigenvalue weighted by molar-refractivity contribution is 0.829. The summed E-state index contributed by atoms with van der Waals surface area (Å²) in [5.74, 6) is 0. The molecule has 21 heavy (non-hydrogen) atoms. The minimum Gasteiger partial charge on any atom is -0.0785 e. The van der Waals surface area contributed by atoms with Crippen LogP contribution in [0.4, 0.5) is 0 Å². The summed E-state index contributed by atoms with van der Waals surface area (Å²) in [5, 5.41) is 0. The van der Waals surface area contributed by atoms with E-state index >= 15 is 0 Å². The normalized spacial score (nSPS) is 21.2. The first-order chi connectivity index (χ1) is 10.3. The molecule has 0 atom stereocenters. The van der Waals surface area contributed by atoms with Crippen LogP contribution in [0.5, 0.6) is 0 Å². The topological polar surface area (TPSA) is 0 Å². The van der Waals surface area contributed by atoms with E-state index in [1.54, 1.807) is 10.3 Å². The van der Waals surface area contributed by atoms with Gasteiger partial charge < -0.3 is 0 Å². The van der Waals surface area contributed by atoms with E-state index in [4.69, 9.17) is 12.2 Å². The minimum atomic E-state index is 1.11. The van der Waals surface area contributed by atoms with Gasteiger partial charge in [-0.15, -0.1) is 0 Å². The molecule has 0 radical (unpaired) electrons. The van der Waals surface area contributed by atoms with Crippen LogP contribution in [0.25, 0.3) is 10.5 Å². The van der Waals surface area contributed by atoms with Gasteiger partial charge in [0.15, 0.2) is 0 Å². The average Bonchev–Trinajstić information content (AvgIpc) is 3.16. The molecule has 1 aliphatic heterocycles. The Balaban J connectivity index is 1.78. The van der Waals surface area contributed by atoms with E-state index < -0.39 is 0 Å². The maximum atomic E-state index is 5.48. The third-order valence-electron chi connectivity index (χ3n) is 3.69. The van der Waals surface area contributed by atoms with Gasteiger partial charge in [-0.2, -0.15) is 0 Å². The van der Waals surface area contributed by atoms with Crippen LogP contribution in [-0.4, -0.2) is 0 Å². The highest BCUT2D eigenvalue weighted by atomic mass is 33.1. The molecule has 1 aliphatic carbocycles. The molecule has 0 nitrogen and oxygen atoms in total. The van der Waals surface area contributed by atoms with Crippen molar-refractivity contribution in [2.45, 2.75) is 19.3 Å². The molecule has 0 fully saturated rings.